The van der Waals surface area contributed by atoms with Crippen molar-refractivity contribution in [2.24, 2.45) is 11.3 Å². The highest BCUT2D eigenvalue weighted by Crippen LogP contribution is 2.59. The van der Waals surface area contributed by atoms with Crippen molar-refractivity contribution in [1.29, 1.82) is 0 Å². The van der Waals surface area contributed by atoms with E-state index in [9.17, 15) is 4.79 Å². The van der Waals surface area contributed by atoms with E-state index in [-0.39, 0.29) is 18.3 Å². The van der Waals surface area contributed by atoms with Gasteiger partial charge < -0.3 is 10.2 Å². The number of hydrogen-bond donors (Lipinski definition) is 1. The first-order valence-electron chi connectivity index (χ1n) is 8.26. The van der Waals surface area contributed by atoms with Gasteiger partial charge >= 0.3 is 0 Å². The second kappa shape index (κ2) is 5.86. The summed E-state index contributed by atoms with van der Waals surface area (Å²) in [6, 6.07) is 8.91. The molecule has 0 aromatic heterocycles. The normalized spacial score (nSPS) is 27.9. The highest BCUT2D eigenvalue weighted by atomic mass is 35.5. The molecule has 1 amide bonds. The van der Waals surface area contributed by atoms with Crippen LogP contribution >= 0.6 is 12.4 Å². The summed E-state index contributed by atoms with van der Waals surface area (Å²) in [5.41, 5.74) is 3.14. The van der Waals surface area contributed by atoms with Crippen LogP contribution in [0.5, 0.6) is 0 Å². The number of nitrogens with zero attached hydrogens (tertiary/aromatic N) is 1. The first-order valence-corrected chi connectivity index (χ1v) is 8.26. The molecule has 1 aromatic carbocycles. The van der Waals surface area contributed by atoms with Crippen LogP contribution in [0.25, 0.3) is 0 Å². The first kappa shape index (κ1) is 15.8. The van der Waals surface area contributed by atoms with Crippen molar-refractivity contribution in [3.05, 3.63) is 35.4 Å². The SMILES string of the molecule is CN(C(=O)C1CC12CCNCC2)C1CCc2ccccc21.Cl. The summed E-state index contributed by atoms with van der Waals surface area (Å²) in [6.45, 7) is 2.17. The third kappa shape index (κ3) is 2.44. The molecule has 4 heteroatoms. The van der Waals surface area contributed by atoms with Crippen LogP contribution in [0.15, 0.2) is 24.3 Å². The second-order valence-corrected chi connectivity index (χ2v) is 7.07. The van der Waals surface area contributed by atoms with Crippen molar-refractivity contribution in [3.63, 3.8) is 0 Å². The number of aryl methyl sites for hydroxylation is 1. The molecule has 1 saturated heterocycles. The summed E-state index contributed by atoms with van der Waals surface area (Å²) < 4.78 is 0. The largest absolute Gasteiger partial charge is 0.338 e. The molecule has 2 aliphatic carbocycles. The maximum absolute atomic E-state index is 12.9. The minimum absolute atomic E-state index is 0. The third-order valence-corrected chi connectivity index (χ3v) is 6.00. The van der Waals surface area contributed by atoms with E-state index in [1.165, 1.54) is 24.0 Å². The zero-order valence-corrected chi connectivity index (χ0v) is 14.0. The Morgan fingerprint density at radius 1 is 1.27 bits per heavy atom. The van der Waals surface area contributed by atoms with Gasteiger partial charge in [-0.05, 0) is 61.7 Å². The molecule has 22 heavy (non-hydrogen) atoms. The van der Waals surface area contributed by atoms with Crippen LogP contribution in [0.2, 0.25) is 0 Å². The van der Waals surface area contributed by atoms with E-state index in [4.69, 9.17) is 0 Å². The molecule has 1 spiro atoms. The Labute approximate surface area is 138 Å². The molecule has 1 heterocycles. The Morgan fingerprint density at radius 3 is 2.77 bits per heavy atom. The fourth-order valence-corrected chi connectivity index (χ4v) is 4.51. The van der Waals surface area contributed by atoms with Crippen molar-refractivity contribution in [2.75, 3.05) is 20.1 Å². The molecule has 4 rings (SSSR count). The van der Waals surface area contributed by atoms with Crippen molar-refractivity contribution >= 4 is 18.3 Å². The van der Waals surface area contributed by atoms with Crippen LogP contribution in [0.3, 0.4) is 0 Å². The van der Waals surface area contributed by atoms with E-state index in [1.54, 1.807) is 0 Å². The molecule has 0 bridgehead atoms. The van der Waals surface area contributed by atoms with E-state index >= 15 is 0 Å². The van der Waals surface area contributed by atoms with Gasteiger partial charge in [-0.1, -0.05) is 24.3 Å². The van der Waals surface area contributed by atoms with Gasteiger partial charge in [0, 0.05) is 13.0 Å². The fraction of sp³-hybridized carbons (Fsp3) is 0.611. The highest BCUT2D eigenvalue weighted by molar-refractivity contribution is 5.85. The lowest BCUT2D eigenvalue weighted by Gasteiger charge is -2.28. The van der Waals surface area contributed by atoms with Gasteiger partial charge in [0.25, 0.3) is 0 Å². The quantitative estimate of drug-likeness (QED) is 0.908. The molecule has 1 saturated carbocycles. The Kier molecular flexibility index (Phi) is 4.21. The lowest BCUT2D eigenvalue weighted by molar-refractivity contribution is -0.134. The lowest BCUT2D eigenvalue weighted by atomic mass is 9.91. The second-order valence-electron chi connectivity index (χ2n) is 7.07. The fourth-order valence-electron chi connectivity index (χ4n) is 4.51. The summed E-state index contributed by atoms with van der Waals surface area (Å²) in [6.07, 6.45) is 5.67. The number of hydrogen-bond acceptors (Lipinski definition) is 2. The lowest BCUT2D eigenvalue weighted by Crippen LogP contribution is -2.36. The molecule has 1 N–H and O–H groups in total. The van der Waals surface area contributed by atoms with E-state index in [1.807, 2.05) is 11.9 Å². The summed E-state index contributed by atoms with van der Waals surface area (Å²) >= 11 is 0. The minimum atomic E-state index is 0. The van der Waals surface area contributed by atoms with Crippen LogP contribution in [0, 0.1) is 11.3 Å². The average molecular weight is 321 g/mol. The third-order valence-electron chi connectivity index (χ3n) is 6.00. The zero-order chi connectivity index (χ0) is 14.4. The standard InChI is InChI=1S/C18H24N2O.ClH/c1-20(16-7-6-13-4-2-3-5-14(13)16)17(21)15-12-18(15)8-10-19-11-9-18;/h2-5,15-16,19H,6-12H2,1H3;1H. The van der Waals surface area contributed by atoms with Gasteiger partial charge in [-0.3, -0.25) is 4.79 Å². The zero-order valence-electron chi connectivity index (χ0n) is 13.2. The number of carbonyl (C=O) groups excluding carboxylic acids is 1. The Bertz CT molecular complexity index is 568. The molecule has 3 nitrogen and oxygen atoms in total. The van der Waals surface area contributed by atoms with Gasteiger partial charge in [0.05, 0.1) is 6.04 Å². The van der Waals surface area contributed by atoms with Gasteiger partial charge in [-0.2, -0.15) is 0 Å². The summed E-state index contributed by atoms with van der Waals surface area (Å²) in [7, 11) is 2.02. The Morgan fingerprint density at radius 2 is 2.00 bits per heavy atom. The number of rotatable bonds is 2. The predicted molar refractivity (Wildman–Crippen MR) is 90.2 cm³/mol. The number of amides is 1. The molecule has 2 unspecified atom stereocenters. The van der Waals surface area contributed by atoms with Crippen molar-refractivity contribution in [1.82, 2.24) is 10.2 Å². The maximum Gasteiger partial charge on any atom is 0.226 e. The Hall–Kier alpha value is -1.06. The number of piperidine rings is 1. The van der Waals surface area contributed by atoms with Gasteiger partial charge in [-0.25, -0.2) is 0 Å². The molecule has 120 valence electrons. The summed E-state index contributed by atoms with van der Waals surface area (Å²) in [4.78, 5) is 14.9. The van der Waals surface area contributed by atoms with Crippen LogP contribution in [-0.2, 0) is 11.2 Å². The van der Waals surface area contributed by atoms with Crippen molar-refractivity contribution < 1.29 is 4.79 Å². The smallest absolute Gasteiger partial charge is 0.226 e. The van der Waals surface area contributed by atoms with Crippen LogP contribution in [-0.4, -0.2) is 30.9 Å². The maximum atomic E-state index is 12.9. The van der Waals surface area contributed by atoms with Gasteiger partial charge in [0.2, 0.25) is 5.91 Å². The molecule has 2 fully saturated rings. The van der Waals surface area contributed by atoms with Crippen LogP contribution in [0.1, 0.15) is 42.9 Å². The average Bonchev–Trinajstić information content (AvgIpc) is 3.04. The molecule has 3 aliphatic rings. The summed E-state index contributed by atoms with van der Waals surface area (Å²) in [5.74, 6) is 0.677. The number of nitrogens with one attached hydrogen (secondary N) is 1. The van der Waals surface area contributed by atoms with Crippen molar-refractivity contribution in [2.45, 2.75) is 38.1 Å². The van der Waals surface area contributed by atoms with Crippen molar-refractivity contribution in [3.8, 4) is 0 Å². The van der Waals surface area contributed by atoms with Crippen LogP contribution < -0.4 is 5.32 Å². The number of carbonyl (C=O) groups is 1. The first-order chi connectivity index (χ1) is 10.2. The van der Waals surface area contributed by atoms with Crippen LogP contribution in [0.4, 0.5) is 0 Å². The van der Waals surface area contributed by atoms with E-state index in [2.05, 4.69) is 29.6 Å². The van der Waals surface area contributed by atoms with E-state index in [0.717, 1.165) is 32.4 Å². The van der Waals surface area contributed by atoms with Gasteiger partial charge in [0.1, 0.15) is 0 Å². The molecule has 0 radical (unpaired) electrons. The Balaban J connectivity index is 0.00000144. The molecular weight excluding hydrogens is 296 g/mol. The molecular formula is C18H25ClN2O. The predicted octanol–water partition coefficient (Wildman–Crippen LogP) is 2.94. The highest BCUT2D eigenvalue weighted by Gasteiger charge is 2.58. The van der Waals surface area contributed by atoms with E-state index < -0.39 is 0 Å². The molecule has 1 aliphatic heterocycles. The van der Waals surface area contributed by atoms with E-state index in [0.29, 0.717) is 17.4 Å². The number of fused-ring (bicyclic) bond motifs is 1. The van der Waals surface area contributed by atoms with Gasteiger partial charge in [-0.15, -0.1) is 12.4 Å². The molecule has 1 aromatic rings. The monoisotopic (exact) mass is 320 g/mol. The van der Waals surface area contributed by atoms with Gasteiger partial charge in [0.15, 0.2) is 0 Å². The number of benzene rings is 1. The number of halogens is 1. The minimum Gasteiger partial charge on any atom is -0.338 e. The topological polar surface area (TPSA) is 32.3 Å². The summed E-state index contributed by atoms with van der Waals surface area (Å²) in [5, 5.41) is 3.41. The molecule has 2 atom stereocenters.